The summed E-state index contributed by atoms with van der Waals surface area (Å²) >= 11 is 0. The molecule has 1 aromatic rings. The molecule has 14 nitrogen and oxygen atoms in total. The predicted molar refractivity (Wildman–Crippen MR) is 123 cm³/mol. The van der Waals surface area contributed by atoms with E-state index in [4.69, 9.17) is 11.5 Å². The molecule has 1 aromatic heterocycles. The number of nitrogens with two attached hydrogens (primary N) is 2. The van der Waals surface area contributed by atoms with E-state index in [0.29, 0.717) is 12.1 Å². The standard InChI is InChI=1S/C21H35N7O7/c1-4-10(2)16(23)19(32)28-17(11(3)29)20(33)27-14(7-12-8-24-9-25-12)18(31)26-13(21(34)35)5-6-15(22)30/h8-11,13-14,16-17,29H,4-7,23H2,1-3H3,(H2,22,30)(H,24,25)(H,26,31)(H,27,33)(H,28,32)(H,34,35). The number of H-pyrrole nitrogens is 1. The summed E-state index contributed by atoms with van der Waals surface area (Å²) in [6, 6.07) is -5.09. The Kier molecular flexibility index (Phi) is 11.8. The van der Waals surface area contributed by atoms with Crippen LogP contribution in [0.15, 0.2) is 12.5 Å². The third kappa shape index (κ3) is 9.70. The molecule has 0 aliphatic rings. The molecule has 0 saturated carbocycles. The molecule has 0 fully saturated rings. The van der Waals surface area contributed by atoms with Gasteiger partial charge in [0.15, 0.2) is 0 Å². The summed E-state index contributed by atoms with van der Waals surface area (Å²) in [6.45, 7) is 4.90. The zero-order chi connectivity index (χ0) is 26.7. The van der Waals surface area contributed by atoms with E-state index >= 15 is 0 Å². The summed E-state index contributed by atoms with van der Waals surface area (Å²) in [6.07, 6.45) is 1.42. The van der Waals surface area contributed by atoms with Crippen molar-refractivity contribution in [2.24, 2.45) is 17.4 Å². The summed E-state index contributed by atoms with van der Waals surface area (Å²) in [5, 5.41) is 26.6. The smallest absolute Gasteiger partial charge is 0.326 e. The van der Waals surface area contributed by atoms with Crippen molar-refractivity contribution in [3.63, 3.8) is 0 Å². The van der Waals surface area contributed by atoms with Crippen LogP contribution < -0.4 is 27.4 Å². The van der Waals surface area contributed by atoms with Crippen LogP contribution in [0.2, 0.25) is 0 Å². The Bertz CT molecular complexity index is 875. The summed E-state index contributed by atoms with van der Waals surface area (Å²) in [5.41, 5.74) is 11.4. The van der Waals surface area contributed by atoms with Crippen molar-refractivity contribution < 1.29 is 34.2 Å². The van der Waals surface area contributed by atoms with Crippen LogP contribution >= 0.6 is 0 Å². The molecule has 4 amide bonds. The average molecular weight is 498 g/mol. The monoisotopic (exact) mass is 497 g/mol. The van der Waals surface area contributed by atoms with Gasteiger partial charge < -0.3 is 42.6 Å². The van der Waals surface area contributed by atoms with E-state index in [-0.39, 0.29) is 25.2 Å². The van der Waals surface area contributed by atoms with Gasteiger partial charge in [-0.05, 0) is 19.3 Å². The van der Waals surface area contributed by atoms with Crippen LogP contribution in [0.25, 0.3) is 0 Å². The zero-order valence-corrected chi connectivity index (χ0v) is 20.0. The van der Waals surface area contributed by atoms with Gasteiger partial charge in [-0.3, -0.25) is 19.2 Å². The highest BCUT2D eigenvalue weighted by Gasteiger charge is 2.33. The highest BCUT2D eigenvalue weighted by atomic mass is 16.4. The molecule has 0 aromatic carbocycles. The molecule has 196 valence electrons. The van der Waals surface area contributed by atoms with Gasteiger partial charge in [0.2, 0.25) is 23.6 Å². The van der Waals surface area contributed by atoms with Gasteiger partial charge in [0.25, 0.3) is 0 Å². The number of aromatic amines is 1. The lowest BCUT2D eigenvalue weighted by Crippen LogP contribution is -2.60. The molecule has 0 spiro atoms. The summed E-state index contributed by atoms with van der Waals surface area (Å²) in [5.74, 6) is -4.70. The van der Waals surface area contributed by atoms with Crippen molar-refractivity contribution in [3.8, 4) is 0 Å². The number of aliphatic hydroxyl groups is 1. The third-order valence-electron chi connectivity index (χ3n) is 5.53. The Labute approximate surface area is 202 Å². The van der Waals surface area contributed by atoms with Crippen LogP contribution in [0.1, 0.15) is 45.7 Å². The second-order valence-electron chi connectivity index (χ2n) is 8.38. The van der Waals surface area contributed by atoms with Gasteiger partial charge in [-0.1, -0.05) is 20.3 Å². The van der Waals surface area contributed by atoms with Crippen LogP contribution in [-0.4, -0.2) is 80.1 Å². The van der Waals surface area contributed by atoms with E-state index in [1.165, 1.54) is 19.4 Å². The number of imidazole rings is 1. The van der Waals surface area contributed by atoms with Gasteiger partial charge in [0.1, 0.15) is 18.1 Å². The summed E-state index contributed by atoms with van der Waals surface area (Å²) in [4.78, 5) is 67.5. The maximum atomic E-state index is 13.0. The molecule has 0 aliphatic heterocycles. The van der Waals surface area contributed by atoms with Gasteiger partial charge in [0, 0.05) is 24.7 Å². The lowest BCUT2D eigenvalue weighted by Gasteiger charge is -2.27. The quantitative estimate of drug-likeness (QED) is 0.128. The van der Waals surface area contributed by atoms with E-state index in [0.717, 1.165) is 0 Å². The maximum Gasteiger partial charge on any atom is 0.326 e. The minimum Gasteiger partial charge on any atom is -0.480 e. The minimum atomic E-state index is -1.43. The first-order chi connectivity index (χ1) is 16.4. The number of amides is 4. The molecule has 6 atom stereocenters. The molecule has 1 heterocycles. The first-order valence-electron chi connectivity index (χ1n) is 11.2. The SMILES string of the molecule is CCC(C)C(N)C(=O)NC(C(=O)NC(Cc1cnc[nH]1)C(=O)NC(CCC(N)=O)C(=O)O)C(C)O. The summed E-state index contributed by atoms with van der Waals surface area (Å²) < 4.78 is 0. The number of hydrogen-bond acceptors (Lipinski definition) is 8. The highest BCUT2D eigenvalue weighted by molar-refractivity contribution is 5.94. The second-order valence-corrected chi connectivity index (χ2v) is 8.38. The largest absolute Gasteiger partial charge is 0.480 e. The van der Waals surface area contributed by atoms with Crippen molar-refractivity contribution in [1.82, 2.24) is 25.9 Å². The molecular weight excluding hydrogens is 462 g/mol. The van der Waals surface area contributed by atoms with Crippen LogP contribution in [0.5, 0.6) is 0 Å². The molecule has 0 bridgehead atoms. The normalized spacial score (nSPS) is 16.1. The molecular formula is C21H35N7O7. The van der Waals surface area contributed by atoms with Gasteiger partial charge in [-0.2, -0.15) is 0 Å². The van der Waals surface area contributed by atoms with Gasteiger partial charge >= 0.3 is 5.97 Å². The van der Waals surface area contributed by atoms with Crippen LogP contribution in [-0.2, 0) is 30.4 Å². The Morgan fingerprint density at radius 2 is 1.69 bits per heavy atom. The lowest BCUT2D eigenvalue weighted by atomic mass is 9.98. The number of nitrogens with zero attached hydrogens (tertiary/aromatic N) is 1. The van der Waals surface area contributed by atoms with Crippen molar-refractivity contribution in [1.29, 1.82) is 0 Å². The number of hydrogen-bond donors (Lipinski definition) is 8. The van der Waals surface area contributed by atoms with Gasteiger partial charge in [-0.15, -0.1) is 0 Å². The zero-order valence-electron chi connectivity index (χ0n) is 20.0. The first kappa shape index (κ1) is 29.5. The number of nitrogens with one attached hydrogen (secondary N) is 4. The van der Waals surface area contributed by atoms with Crippen molar-refractivity contribution >= 4 is 29.6 Å². The predicted octanol–water partition coefficient (Wildman–Crippen LogP) is -2.49. The fraction of sp³-hybridized carbons (Fsp3) is 0.619. The number of rotatable bonds is 15. The highest BCUT2D eigenvalue weighted by Crippen LogP contribution is 2.07. The van der Waals surface area contributed by atoms with Crippen molar-refractivity contribution in [2.75, 3.05) is 0 Å². The number of carbonyl (C=O) groups excluding carboxylic acids is 4. The van der Waals surface area contributed by atoms with E-state index in [1.54, 1.807) is 6.92 Å². The Morgan fingerprint density at radius 1 is 1.06 bits per heavy atom. The fourth-order valence-corrected chi connectivity index (χ4v) is 3.07. The number of carboxylic acids is 1. The maximum absolute atomic E-state index is 13.0. The van der Waals surface area contributed by atoms with Crippen LogP contribution in [0, 0.1) is 5.92 Å². The Balaban J connectivity index is 3.05. The van der Waals surface area contributed by atoms with Crippen LogP contribution in [0.4, 0.5) is 0 Å². The van der Waals surface area contributed by atoms with E-state index in [9.17, 15) is 34.2 Å². The van der Waals surface area contributed by atoms with E-state index in [1.807, 2.05) is 6.92 Å². The minimum absolute atomic E-state index is 0.105. The molecule has 1 rings (SSSR count). The number of aliphatic hydroxyl groups excluding tert-OH is 1. The number of primary amides is 1. The van der Waals surface area contributed by atoms with Crippen molar-refractivity contribution in [2.45, 2.75) is 76.7 Å². The molecule has 35 heavy (non-hydrogen) atoms. The fourth-order valence-electron chi connectivity index (χ4n) is 3.07. The summed E-state index contributed by atoms with van der Waals surface area (Å²) in [7, 11) is 0. The number of aliphatic carboxylic acids is 1. The molecule has 0 aliphatic carbocycles. The lowest BCUT2D eigenvalue weighted by molar-refractivity contribution is -0.142. The second kappa shape index (κ2) is 14.0. The molecule has 0 radical (unpaired) electrons. The van der Waals surface area contributed by atoms with E-state index < -0.39 is 59.9 Å². The molecule has 0 saturated heterocycles. The van der Waals surface area contributed by atoms with Gasteiger partial charge in [0.05, 0.1) is 18.5 Å². The first-order valence-corrected chi connectivity index (χ1v) is 11.2. The third-order valence-corrected chi connectivity index (χ3v) is 5.53. The topological polar surface area (TPSA) is 243 Å². The average Bonchev–Trinajstić information content (AvgIpc) is 3.30. The number of carbonyl (C=O) groups is 5. The molecule has 14 heteroatoms. The number of aromatic nitrogens is 2. The van der Waals surface area contributed by atoms with E-state index in [2.05, 4.69) is 25.9 Å². The molecule has 10 N–H and O–H groups in total. The Hall–Kier alpha value is -3.52. The van der Waals surface area contributed by atoms with Crippen molar-refractivity contribution in [3.05, 3.63) is 18.2 Å². The molecule has 6 unspecified atom stereocenters. The number of carboxylic acid groups (broad SMARTS) is 1. The van der Waals surface area contributed by atoms with Crippen LogP contribution in [0.3, 0.4) is 0 Å². The van der Waals surface area contributed by atoms with Gasteiger partial charge in [-0.25, -0.2) is 9.78 Å². The Morgan fingerprint density at radius 3 is 2.17 bits per heavy atom.